The van der Waals surface area contributed by atoms with E-state index in [1.54, 1.807) is 62.8 Å². The van der Waals surface area contributed by atoms with Crippen molar-refractivity contribution in [1.82, 2.24) is 19.6 Å². The van der Waals surface area contributed by atoms with Crippen molar-refractivity contribution in [3.63, 3.8) is 0 Å². The summed E-state index contributed by atoms with van der Waals surface area (Å²) in [5.74, 6) is 2.85. The summed E-state index contributed by atoms with van der Waals surface area (Å²) in [6, 6.07) is 24.7. The summed E-state index contributed by atoms with van der Waals surface area (Å²) in [4.78, 5) is 103. The van der Waals surface area contributed by atoms with E-state index in [-0.39, 0.29) is 119 Å². The number of benzene rings is 6. The molecule has 4 saturated heterocycles. The van der Waals surface area contributed by atoms with Crippen molar-refractivity contribution < 1.29 is 114 Å². The van der Waals surface area contributed by atoms with Crippen LogP contribution in [0.5, 0.6) is 57.5 Å². The summed E-state index contributed by atoms with van der Waals surface area (Å²) in [7, 11) is 7.50. The van der Waals surface area contributed by atoms with Crippen LogP contribution in [0.4, 0.5) is 22.7 Å². The first-order chi connectivity index (χ1) is 61.9. The Balaban J connectivity index is 0.000000217. The lowest BCUT2D eigenvalue weighted by Gasteiger charge is -2.20. The highest BCUT2D eigenvalue weighted by molar-refractivity contribution is 6.07. The number of methoxy groups -OCH3 is 5. The molecule has 0 unspecified atom stereocenters. The Morgan fingerprint density at radius 3 is 0.827 bits per heavy atom. The number of rotatable bonds is 42. The first-order valence-corrected chi connectivity index (χ1v) is 42.5. The molecule has 4 fully saturated rings. The molecule has 0 bridgehead atoms. The van der Waals surface area contributed by atoms with Gasteiger partial charge in [-0.3, -0.25) is 48.7 Å². The number of ether oxygens (including phenoxy) is 17. The predicted molar refractivity (Wildman–Crippen MR) is 472 cm³/mol. The highest BCUT2D eigenvalue weighted by Crippen LogP contribution is 2.45. The Hall–Kier alpha value is -12.5. The van der Waals surface area contributed by atoms with Crippen LogP contribution in [0.15, 0.2) is 151 Å². The molecule has 14 rings (SSSR count). The van der Waals surface area contributed by atoms with Gasteiger partial charge in [-0.05, 0) is 136 Å². The van der Waals surface area contributed by atoms with E-state index in [9.17, 15) is 28.8 Å². The van der Waals surface area contributed by atoms with Crippen LogP contribution in [0.2, 0.25) is 0 Å². The molecule has 6 aromatic carbocycles. The lowest BCUT2D eigenvalue weighted by atomic mass is 10.1. The first-order valence-electron chi connectivity index (χ1n) is 42.5. The summed E-state index contributed by atoms with van der Waals surface area (Å²) >= 11 is 0. The Morgan fingerprint density at radius 2 is 0.583 bits per heavy atom. The van der Waals surface area contributed by atoms with Crippen molar-refractivity contribution in [2.24, 2.45) is 20.0 Å². The third-order valence-electron chi connectivity index (χ3n) is 22.5. The van der Waals surface area contributed by atoms with Crippen LogP contribution < -0.4 is 47.4 Å². The molecule has 674 valence electrons. The number of hydrogen-bond donors (Lipinski definition) is 1. The largest absolute Gasteiger partial charge is 0.493 e. The second kappa shape index (κ2) is 45.1. The standard InChI is InChI=1S/C48H56N4O12.C47H54N4O12/c1-6-31-17-35-25-49-40-23-44(42(56-3)21-38(40)47(54)51(35)27-31)63-29-33-16-34(20-37(19-33)62-15-14-61-13-12-60-11-10-59-9-8-46(53)58-5)30-64-45-24-41-39(22-43(45)57-4)48(55)52-28-32(7-2)18-36(52)26-50-41;1-5-30-16-34-24-48-39-22-43(41(56-3)20-37(39)46(54)50(34)26-30)62-28-32-15-33(19-36(18-32)61-14-13-60-12-11-59-10-9-58-8-7-45(52)53)29-63-44-23-40-38(21-42(44)57-4)47(55)51-27-31(6-2)17-35(51)25-49-40/h6-7,16,19-26,35-36H,8-15,17-18,27-30H2,1-5H3;5-6,15,18-25,34-35H,7-14,16-17,26-29H2,1-4H3,(H,52,53)/b31-6+,32-7+;30-5+,31-6+/t35-,36-;34-,35-/m00/s1. The molecule has 6 aromatic rings. The lowest BCUT2D eigenvalue weighted by molar-refractivity contribution is -0.142. The number of aliphatic carboxylic acids is 1. The smallest absolute Gasteiger partial charge is 0.307 e. The summed E-state index contributed by atoms with van der Waals surface area (Å²) in [6.07, 6.45) is 18.7. The van der Waals surface area contributed by atoms with Gasteiger partial charge in [0.1, 0.15) is 51.1 Å². The van der Waals surface area contributed by atoms with Crippen molar-refractivity contribution in [3.8, 4) is 57.5 Å². The number of hydrogen-bond acceptors (Lipinski definition) is 27. The highest BCUT2D eigenvalue weighted by atomic mass is 16.6. The average Bonchev–Trinajstić information content (AvgIpc) is 1.66. The van der Waals surface area contributed by atoms with Gasteiger partial charge in [0.05, 0.1) is 197 Å². The fraction of sp³-hybridized carbons (Fsp3) is 0.432. The van der Waals surface area contributed by atoms with Crippen LogP contribution >= 0.6 is 0 Å². The summed E-state index contributed by atoms with van der Waals surface area (Å²) in [5.41, 5.74) is 11.8. The van der Waals surface area contributed by atoms with E-state index < -0.39 is 5.97 Å². The van der Waals surface area contributed by atoms with Gasteiger partial charge >= 0.3 is 11.9 Å². The number of carboxylic acids is 1. The molecule has 4 atom stereocenters. The summed E-state index contributed by atoms with van der Waals surface area (Å²) in [5, 5.41) is 8.69. The zero-order valence-corrected chi connectivity index (χ0v) is 73.2. The Morgan fingerprint density at radius 1 is 0.331 bits per heavy atom. The molecular formula is C95H110N8O24. The van der Waals surface area contributed by atoms with Crippen LogP contribution in [-0.2, 0) is 69.2 Å². The van der Waals surface area contributed by atoms with Gasteiger partial charge in [-0.1, -0.05) is 46.6 Å². The van der Waals surface area contributed by atoms with E-state index in [1.165, 1.54) is 43.6 Å². The third kappa shape index (κ3) is 23.8. The molecule has 8 aliphatic rings. The molecule has 8 aliphatic heterocycles. The van der Waals surface area contributed by atoms with E-state index in [4.69, 9.17) is 101 Å². The predicted octanol–water partition coefficient (Wildman–Crippen LogP) is 13.1. The average molecular weight is 1750 g/mol. The van der Waals surface area contributed by atoms with E-state index >= 15 is 0 Å². The quantitative estimate of drug-likeness (QED) is 0.0211. The van der Waals surface area contributed by atoms with E-state index in [2.05, 4.69) is 29.0 Å². The molecule has 0 spiro atoms. The normalized spacial score (nSPS) is 18.7. The number of amides is 4. The summed E-state index contributed by atoms with van der Waals surface area (Å²) < 4.78 is 98.4. The number of esters is 1. The van der Waals surface area contributed by atoms with Gasteiger partial charge in [-0.2, -0.15) is 0 Å². The Kier molecular flexibility index (Phi) is 32.8. The molecule has 32 nitrogen and oxygen atoms in total. The number of carbonyl (C=O) groups excluding carboxylic acids is 5. The van der Waals surface area contributed by atoms with Crippen LogP contribution in [0, 0.1) is 0 Å². The maximum atomic E-state index is 13.7. The van der Waals surface area contributed by atoms with Gasteiger partial charge in [0.2, 0.25) is 0 Å². The van der Waals surface area contributed by atoms with Gasteiger partial charge in [0, 0.05) is 75.3 Å². The zero-order valence-electron chi connectivity index (χ0n) is 73.2. The Bertz CT molecular complexity index is 4960. The SMILES string of the molecule is C/C=C1\C[C@H]2C=Nc3cc(OCc4cc(COc5cc6c(cc5OC)C(=O)N5C/C(=C/C)C[C@H]5C=N6)cc(OCCOCCOCCOCCC(=O)O)c4)c(OC)cc3C(=O)N2C1.C/C=C1\C[C@H]2C=Nc3cc(OCc4cc(COc5cc6c(cc5OC)C(=O)N5C/C(=C/C)C[C@H]5C=N6)cc(OCCOCCOCCOCCC(=O)OC)c4)c(OC)cc3C(=O)N2C1. The number of aliphatic imine (C=N–C) groups is 4. The minimum absolute atomic E-state index is 0.0486. The fourth-order valence-corrected chi connectivity index (χ4v) is 15.6. The van der Waals surface area contributed by atoms with Crippen LogP contribution in [-0.4, -0.2) is 264 Å². The van der Waals surface area contributed by atoms with Crippen LogP contribution in [0.1, 0.15) is 130 Å². The van der Waals surface area contributed by atoms with E-state index in [0.29, 0.717) is 195 Å². The van der Waals surface area contributed by atoms with Crippen molar-refractivity contribution in [3.05, 3.63) is 176 Å². The molecular weight excluding hydrogens is 1640 g/mol. The lowest BCUT2D eigenvalue weighted by Crippen LogP contribution is -2.35. The van der Waals surface area contributed by atoms with Gasteiger partial charge in [0.25, 0.3) is 23.6 Å². The van der Waals surface area contributed by atoms with Crippen molar-refractivity contribution in [1.29, 1.82) is 0 Å². The second-order valence-corrected chi connectivity index (χ2v) is 30.8. The number of fused-ring (bicyclic) bond motifs is 8. The number of nitrogens with zero attached hydrogens (tertiary/aromatic N) is 8. The fourth-order valence-electron chi connectivity index (χ4n) is 15.6. The van der Waals surface area contributed by atoms with E-state index in [0.717, 1.165) is 47.9 Å². The molecule has 1 N–H and O–H groups in total. The van der Waals surface area contributed by atoms with Gasteiger partial charge in [-0.25, -0.2) is 0 Å². The number of carbonyl (C=O) groups is 6. The molecule has 0 aliphatic carbocycles. The van der Waals surface area contributed by atoms with Crippen molar-refractivity contribution in [2.75, 3.05) is 154 Å². The third-order valence-corrected chi connectivity index (χ3v) is 22.5. The minimum atomic E-state index is -0.906. The van der Waals surface area contributed by atoms with Crippen LogP contribution in [0.3, 0.4) is 0 Å². The molecule has 0 aromatic heterocycles. The second-order valence-electron chi connectivity index (χ2n) is 30.8. The maximum absolute atomic E-state index is 13.7. The van der Waals surface area contributed by atoms with Gasteiger partial charge in [-0.15, -0.1) is 0 Å². The molecule has 0 radical (unpaired) electrons. The number of carboxylic acid groups (broad SMARTS) is 1. The number of allylic oxidation sites excluding steroid dienone is 4. The topological polar surface area (TPSA) is 342 Å². The Labute approximate surface area is 738 Å². The molecule has 32 heteroatoms. The molecule has 4 amide bonds. The monoisotopic (exact) mass is 1750 g/mol. The van der Waals surface area contributed by atoms with Crippen molar-refractivity contribution in [2.45, 2.75) is 117 Å². The van der Waals surface area contributed by atoms with Gasteiger partial charge < -0.3 is 105 Å². The minimum Gasteiger partial charge on any atom is -0.493 e. The van der Waals surface area contributed by atoms with E-state index in [1.807, 2.05) is 109 Å². The maximum Gasteiger partial charge on any atom is 0.307 e. The van der Waals surface area contributed by atoms with Crippen LogP contribution in [0.25, 0.3) is 0 Å². The van der Waals surface area contributed by atoms with Gasteiger partial charge in [0.15, 0.2) is 46.0 Å². The first kappa shape index (κ1) is 92.2. The summed E-state index contributed by atoms with van der Waals surface area (Å²) in [6.45, 7) is 15.0. The highest BCUT2D eigenvalue weighted by Gasteiger charge is 2.40. The molecule has 0 saturated carbocycles. The zero-order chi connectivity index (χ0) is 89.3. The molecule has 127 heavy (non-hydrogen) atoms. The molecule has 8 heterocycles. The van der Waals surface area contributed by atoms with Crippen molar-refractivity contribution >= 4 is 83.2 Å².